The lowest BCUT2D eigenvalue weighted by molar-refractivity contribution is 1.29. The van der Waals surface area contributed by atoms with E-state index in [1.807, 2.05) is 22.7 Å². The minimum absolute atomic E-state index is 1.13. The highest BCUT2D eigenvalue weighted by Crippen LogP contribution is 2.47. The van der Waals surface area contributed by atoms with E-state index in [9.17, 15) is 0 Å². The van der Waals surface area contributed by atoms with Crippen molar-refractivity contribution in [3.8, 4) is 11.1 Å². The number of para-hydroxylation sites is 1. The van der Waals surface area contributed by atoms with E-state index < -0.39 is 0 Å². The zero-order valence-corrected chi connectivity index (χ0v) is 27.0. The first-order valence-electron chi connectivity index (χ1n) is 15.9. The van der Waals surface area contributed by atoms with Gasteiger partial charge in [-0.25, -0.2) is 0 Å². The zero-order chi connectivity index (χ0) is 30.9. The van der Waals surface area contributed by atoms with Crippen LogP contribution >= 0.6 is 22.7 Å². The maximum absolute atomic E-state index is 2.36. The first kappa shape index (κ1) is 26.7. The van der Waals surface area contributed by atoms with E-state index in [0.717, 1.165) is 17.1 Å². The first-order valence-corrected chi connectivity index (χ1v) is 17.6. The van der Waals surface area contributed by atoms with Gasteiger partial charge in [0.1, 0.15) is 0 Å². The highest BCUT2D eigenvalue weighted by Gasteiger charge is 2.17. The molecule has 0 fully saturated rings. The van der Waals surface area contributed by atoms with Gasteiger partial charge in [-0.15, -0.1) is 22.7 Å². The van der Waals surface area contributed by atoms with Gasteiger partial charge in [0.2, 0.25) is 0 Å². The number of benzene rings is 8. The molecule has 3 heteroatoms. The molecule has 8 aromatic carbocycles. The predicted octanol–water partition coefficient (Wildman–Crippen LogP) is 13.9. The van der Waals surface area contributed by atoms with E-state index in [4.69, 9.17) is 0 Å². The molecular weight excluding hydrogens is 607 g/mol. The van der Waals surface area contributed by atoms with Gasteiger partial charge in [-0.3, -0.25) is 0 Å². The van der Waals surface area contributed by atoms with Crippen molar-refractivity contribution in [1.29, 1.82) is 0 Å². The molecule has 10 aromatic rings. The maximum Gasteiger partial charge on any atom is 0.0468 e. The lowest BCUT2D eigenvalue weighted by Gasteiger charge is -2.26. The van der Waals surface area contributed by atoms with Crippen molar-refractivity contribution in [2.45, 2.75) is 0 Å². The Kier molecular flexibility index (Phi) is 5.98. The molecule has 0 spiro atoms. The molecule has 0 aliphatic rings. The molecule has 0 amide bonds. The number of fused-ring (bicyclic) bond motifs is 10. The number of rotatable bonds is 4. The summed E-state index contributed by atoms with van der Waals surface area (Å²) >= 11 is 3.82. The summed E-state index contributed by atoms with van der Waals surface area (Å²) in [6.07, 6.45) is 0. The third-order valence-electron chi connectivity index (χ3n) is 9.44. The Hall–Kier alpha value is -5.48. The minimum Gasteiger partial charge on any atom is -0.310 e. The summed E-state index contributed by atoms with van der Waals surface area (Å²) in [7, 11) is 0. The topological polar surface area (TPSA) is 3.24 Å². The Morgan fingerprint density at radius 1 is 0.362 bits per heavy atom. The van der Waals surface area contributed by atoms with Crippen LogP contribution in [0.4, 0.5) is 17.1 Å². The van der Waals surface area contributed by atoms with Crippen LogP contribution in [0.15, 0.2) is 164 Å². The largest absolute Gasteiger partial charge is 0.310 e. The molecule has 0 N–H and O–H groups in total. The fourth-order valence-corrected chi connectivity index (χ4v) is 9.81. The van der Waals surface area contributed by atoms with Gasteiger partial charge < -0.3 is 4.90 Å². The molecule has 0 radical (unpaired) electrons. The smallest absolute Gasteiger partial charge is 0.0468 e. The standard InChI is InChI=1S/C44H27NS2/c1-2-10-31(11-3-1)45(33-24-21-30-18-17-28-9-4-5-12-34(28)39(30)27-33)32-22-19-29(20-23-32)35-14-8-15-36-37-25-26-41-42(44(37)47-43(35)36)38-13-6-7-16-40(38)46-41/h1-27H. The molecule has 2 heterocycles. The average Bonchev–Trinajstić information content (AvgIpc) is 3.71. The highest BCUT2D eigenvalue weighted by molar-refractivity contribution is 7.30. The molecule has 0 bridgehead atoms. The molecule has 0 unspecified atom stereocenters. The van der Waals surface area contributed by atoms with Gasteiger partial charge in [0, 0.05) is 57.4 Å². The normalized spacial score (nSPS) is 11.8. The molecule has 0 atom stereocenters. The van der Waals surface area contributed by atoms with Crippen LogP contribution in [0.2, 0.25) is 0 Å². The number of hydrogen-bond donors (Lipinski definition) is 0. The lowest BCUT2D eigenvalue weighted by atomic mass is 10.00. The second kappa shape index (κ2) is 10.5. The summed E-state index contributed by atoms with van der Waals surface area (Å²) in [5, 5.41) is 10.5. The van der Waals surface area contributed by atoms with Crippen molar-refractivity contribution in [3.05, 3.63) is 164 Å². The Morgan fingerprint density at radius 2 is 1.02 bits per heavy atom. The van der Waals surface area contributed by atoms with Gasteiger partial charge in [0.25, 0.3) is 0 Å². The van der Waals surface area contributed by atoms with E-state index in [1.54, 1.807) is 0 Å². The van der Waals surface area contributed by atoms with E-state index >= 15 is 0 Å². The fraction of sp³-hybridized carbons (Fsp3) is 0. The Balaban J connectivity index is 1.12. The van der Waals surface area contributed by atoms with Gasteiger partial charge in [-0.05, 0) is 81.2 Å². The molecule has 0 aliphatic carbocycles. The minimum atomic E-state index is 1.13. The summed E-state index contributed by atoms with van der Waals surface area (Å²) in [4.78, 5) is 2.36. The van der Waals surface area contributed by atoms with Crippen LogP contribution in [0.25, 0.3) is 73.0 Å². The van der Waals surface area contributed by atoms with Gasteiger partial charge in [0.15, 0.2) is 0 Å². The number of hydrogen-bond acceptors (Lipinski definition) is 3. The van der Waals surface area contributed by atoms with E-state index in [0.29, 0.717) is 0 Å². The van der Waals surface area contributed by atoms with Crippen LogP contribution in [0.3, 0.4) is 0 Å². The Bertz CT molecular complexity index is 2790. The molecule has 47 heavy (non-hydrogen) atoms. The van der Waals surface area contributed by atoms with Gasteiger partial charge in [0.05, 0.1) is 0 Å². The van der Waals surface area contributed by atoms with Crippen LogP contribution in [0.1, 0.15) is 0 Å². The first-order chi connectivity index (χ1) is 23.3. The molecule has 0 aliphatic heterocycles. The molecule has 0 saturated carbocycles. The number of thiophene rings is 2. The Morgan fingerprint density at radius 3 is 1.89 bits per heavy atom. The summed E-state index contributed by atoms with van der Waals surface area (Å²) in [5.74, 6) is 0. The maximum atomic E-state index is 2.36. The third-order valence-corrected chi connectivity index (χ3v) is 11.9. The molecule has 1 nitrogen and oxygen atoms in total. The van der Waals surface area contributed by atoms with Crippen LogP contribution < -0.4 is 4.90 Å². The highest BCUT2D eigenvalue weighted by atomic mass is 32.1. The molecule has 2 aromatic heterocycles. The number of nitrogens with zero attached hydrogens (tertiary/aromatic N) is 1. The van der Waals surface area contributed by atoms with E-state index in [2.05, 4.69) is 169 Å². The SMILES string of the molecule is c1ccc(N(c2ccc(-c3cccc4c3sc3c4ccc4sc5ccccc5c43)cc2)c2ccc3ccc4ccccc4c3c2)cc1. The van der Waals surface area contributed by atoms with Gasteiger partial charge in [-0.2, -0.15) is 0 Å². The quantitative estimate of drug-likeness (QED) is 0.174. The summed E-state index contributed by atoms with van der Waals surface area (Å²) in [6, 6.07) is 59.9. The second-order valence-electron chi connectivity index (χ2n) is 12.1. The summed E-state index contributed by atoms with van der Waals surface area (Å²) in [6.45, 7) is 0. The zero-order valence-electron chi connectivity index (χ0n) is 25.4. The molecular formula is C44H27NS2. The average molecular weight is 634 g/mol. The van der Waals surface area contributed by atoms with E-state index in [-0.39, 0.29) is 0 Å². The summed E-state index contributed by atoms with van der Waals surface area (Å²) < 4.78 is 5.45. The van der Waals surface area contributed by atoms with Crippen molar-refractivity contribution in [2.75, 3.05) is 4.90 Å². The fourth-order valence-electron chi connectivity index (χ4n) is 7.24. The second-order valence-corrected chi connectivity index (χ2v) is 14.2. The van der Waals surface area contributed by atoms with E-state index in [1.165, 1.54) is 73.0 Å². The van der Waals surface area contributed by atoms with Crippen molar-refractivity contribution in [2.24, 2.45) is 0 Å². The predicted molar refractivity (Wildman–Crippen MR) is 207 cm³/mol. The molecule has 0 saturated heterocycles. The monoisotopic (exact) mass is 633 g/mol. The van der Waals surface area contributed by atoms with Crippen LogP contribution in [0.5, 0.6) is 0 Å². The number of anilines is 3. The Labute approximate surface area is 280 Å². The van der Waals surface area contributed by atoms with Crippen LogP contribution in [-0.4, -0.2) is 0 Å². The van der Waals surface area contributed by atoms with Crippen molar-refractivity contribution < 1.29 is 0 Å². The van der Waals surface area contributed by atoms with Gasteiger partial charge >= 0.3 is 0 Å². The van der Waals surface area contributed by atoms with Crippen molar-refractivity contribution in [3.63, 3.8) is 0 Å². The molecule has 10 rings (SSSR count). The van der Waals surface area contributed by atoms with Crippen molar-refractivity contribution in [1.82, 2.24) is 0 Å². The van der Waals surface area contributed by atoms with Crippen LogP contribution in [-0.2, 0) is 0 Å². The lowest BCUT2D eigenvalue weighted by Crippen LogP contribution is -2.09. The third kappa shape index (κ3) is 4.21. The van der Waals surface area contributed by atoms with Crippen LogP contribution in [0, 0.1) is 0 Å². The summed E-state index contributed by atoms with van der Waals surface area (Å²) in [5.41, 5.74) is 5.93. The van der Waals surface area contributed by atoms with Crippen molar-refractivity contribution >= 4 is 102 Å². The molecule has 220 valence electrons. The van der Waals surface area contributed by atoms with Gasteiger partial charge in [-0.1, -0.05) is 115 Å².